The van der Waals surface area contributed by atoms with Crippen molar-refractivity contribution in [3.05, 3.63) is 139 Å². The van der Waals surface area contributed by atoms with Crippen molar-refractivity contribution < 1.29 is 0 Å². The monoisotopic (exact) mass is 587 g/mol. The van der Waals surface area contributed by atoms with Gasteiger partial charge in [0.25, 0.3) is 0 Å². The molecular formula is C39H21N7. The lowest BCUT2D eigenvalue weighted by atomic mass is 9.90. The van der Waals surface area contributed by atoms with Crippen LogP contribution in [-0.2, 0) is 0 Å². The van der Waals surface area contributed by atoms with Crippen molar-refractivity contribution in [2.45, 2.75) is 0 Å². The van der Waals surface area contributed by atoms with Gasteiger partial charge in [-0.15, -0.1) is 0 Å². The zero-order valence-electron chi connectivity index (χ0n) is 24.3. The van der Waals surface area contributed by atoms with Crippen LogP contribution >= 0.6 is 0 Å². The zero-order chi connectivity index (χ0) is 31.0. The van der Waals surface area contributed by atoms with Crippen LogP contribution in [0.4, 0.5) is 0 Å². The lowest BCUT2D eigenvalue weighted by molar-refractivity contribution is 1.27. The molecule has 5 heterocycles. The summed E-state index contributed by atoms with van der Waals surface area (Å²) in [6.45, 7) is 0. The molecule has 0 atom stereocenters. The first-order valence-corrected chi connectivity index (χ1v) is 14.6. The molecule has 0 unspecified atom stereocenters. The van der Waals surface area contributed by atoms with Crippen molar-refractivity contribution in [1.29, 1.82) is 10.5 Å². The predicted molar refractivity (Wildman–Crippen MR) is 179 cm³/mol. The molecule has 0 aliphatic rings. The first-order chi connectivity index (χ1) is 22.7. The SMILES string of the molecule is N#Cc1cc(C#N)cc(-c2cc3c4cccnc4c(-c4cc(-c5ccncc5)nc(-c5ccncc5)c4)cc3c3cccnc23)c1. The highest BCUT2D eigenvalue weighted by Crippen LogP contribution is 2.42. The highest BCUT2D eigenvalue weighted by Gasteiger charge is 2.18. The van der Waals surface area contributed by atoms with Gasteiger partial charge in [-0.3, -0.25) is 19.9 Å². The van der Waals surface area contributed by atoms with E-state index in [2.05, 4.69) is 58.5 Å². The van der Waals surface area contributed by atoms with Crippen molar-refractivity contribution in [2.24, 2.45) is 0 Å². The summed E-state index contributed by atoms with van der Waals surface area (Å²) in [6.07, 6.45) is 10.7. The molecule has 46 heavy (non-hydrogen) atoms. The second-order valence-electron chi connectivity index (χ2n) is 10.9. The molecule has 8 aromatic rings. The molecule has 0 fully saturated rings. The van der Waals surface area contributed by atoms with Crippen LogP contribution in [0.25, 0.3) is 77.3 Å². The van der Waals surface area contributed by atoms with Gasteiger partial charge in [-0.2, -0.15) is 10.5 Å². The molecule has 8 rings (SSSR count). The summed E-state index contributed by atoms with van der Waals surface area (Å²) in [5, 5.41) is 23.3. The molecule has 7 heteroatoms. The third-order valence-electron chi connectivity index (χ3n) is 8.16. The highest BCUT2D eigenvalue weighted by molar-refractivity contribution is 6.22. The highest BCUT2D eigenvalue weighted by atomic mass is 14.7. The predicted octanol–water partition coefficient (Wildman–Crippen LogP) is 8.53. The Morgan fingerprint density at radius 3 is 1.35 bits per heavy atom. The molecule has 7 nitrogen and oxygen atoms in total. The van der Waals surface area contributed by atoms with E-state index in [0.29, 0.717) is 11.1 Å². The smallest absolute Gasteiger partial charge is 0.0992 e. The quantitative estimate of drug-likeness (QED) is 0.190. The molecule has 0 aliphatic heterocycles. The minimum absolute atomic E-state index is 0.424. The molecule has 5 aromatic heterocycles. The fraction of sp³-hybridized carbons (Fsp3) is 0. The number of pyridine rings is 5. The first kappa shape index (κ1) is 26.8. The zero-order valence-corrected chi connectivity index (χ0v) is 24.3. The summed E-state index contributed by atoms with van der Waals surface area (Å²) < 4.78 is 0. The molecule has 0 radical (unpaired) electrons. The van der Waals surface area contributed by atoms with Gasteiger partial charge in [0.1, 0.15) is 0 Å². The first-order valence-electron chi connectivity index (χ1n) is 14.6. The maximum atomic E-state index is 9.68. The average molecular weight is 588 g/mol. The van der Waals surface area contributed by atoms with E-state index in [1.54, 1.807) is 37.1 Å². The minimum atomic E-state index is 0.424. The maximum Gasteiger partial charge on any atom is 0.0992 e. The number of fused-ring (bicyclic) bond motifs is 5. The van der Waals surface area contributed by atoms with Gasteiger partial charge in [0, 0.05) is 70.2 Å². The Hall–Kier alpha value is -6.83. The van der Waals surface area contributed by atoms with Crippen LogP contribution in [0.15, 0.2) is 128 Å². The van der Waals surface area contributed by atoms with Gasteiger partial charge in [0.05, 0.1) is 45.7 Å². The van der Waals surface area contributed by atoms with Crippen LogP contribution in [0.1, 0.15) is 11.1 Å². The second-order valence-corrected chi connectivity index (χ2v) is 10.9. The van der Waals surface area contributed by atoms with E-state index in [9.17, 15) is 10.5 Å². The normalized spacial score (nSPS) is 11.0. The number of hydrogen-bond donors (Lipinski definition) is 0. The Morgan fingerprint density at radius 2 is 0.891 bits per heavy atom. The van der Waals surface area contributed by atoms with Gasteiger partial charge < -0.3 is 0 Å². The summed E-state index contributed by atoms with van der Waals surface area (Å²) in [6, 6.07) is 33.9. The fourth-order valence-electron chi connectivity index (χ4n) is 6.08. The summed E-state index contributed by atoms with van der Waals surface area (Å²) >= 11 is 0. The van der Waals surface area contributed by atoms with Crippen LogP contribution in [0.5, 0.6) is 0 Å². The number of benzene rings is 3. The van der Waals surface area contributed by atoms with E-state index >= 15 is 0 Å². The number of hydrogen-bond acceptors (Lipinski definition) is 7. The van der Waals surface area contributed by atoms with Gasteiger partial charge in [-0.05, 0) is 101 Å². The lowest BCUT2D eigenvalue weighted by Gasteiger charge is -2.16. The molecule has 212 valence electrons. The molecule has 0 saturated carbocycles. The summed E-state index contributed by atoms with van der Waals surface area (Å²) in [5.41, 5.74) is 9.59. The largest absolute Gasteiger partial charge is 0.265 e. The third kappa shape index (κ3) is 4.57. The fourth-order valence-corrected chi connectivity index (χ4v) is 6.08. The Bertz CT molecular complexity index is 2460. The molecule has 0 N–H and O–H groups in total. The van der Waals surface area contributed by atoms with Crippen LogP contribution in [0, 0.1) is 22.7 Å². The topological polar surface area (TPSA) is 112 Å². The Labute approximate surface area is 263 Å². The number of rotatable bonds is 4. The lowest BCUT2D eigenvalue weighted by Crippen LogP contribution is -1.95. The summed E-state index contributed by atoms with van der Waals surface area (Å²) in [7, 11) is 0. The van der Waals surface area contributed by atoms with Crippen molar-refractivity contribution in [2.75, 3.05) is 0 Å². The van der Waals surface area contributed by atoms with Crippen LogP contribution in [-0.4, -0.2) is 24.9 Å². The molecule has 0 amide bonds. The van der Waals surface area contributed by atoms with Crippen molar-refractivity contribution in [3.8, 4) is 56.9 Å². The van der Waals surface area contributed by atoms with Crippen LogP contribution in [0.2, 0.25) is 0 Å². The molecule has 3 aromatic carbocycles. The van der Waals surface area contributed by atoms with Gasteiger partial charge in [0.15, 0.2) is 0 Å². The van der Waals surface area contributed by atoms with Crippen molar-refractivity contribution in [3.63, 3.8) is 0 Å². The number of aromatic nitrogens is 5. The van der Waals surface area contributed by atoms with Gasteiger partial charge in [0.2, 0.25) is 0 Å². The Kier molecular flexibility index (Phi) is 6.41. The van der Waals surface area contributed by atoms with Crippen LogP contribution < -0.4 is 0 Å². The van der Waals surface area contributed by atoms with Crippen LogP contribution in [0.3, 0.4) is 0 Å². The molecule has 0 saturated heterocycles. The standard InChI is InChI=1S/C39H21N7/c40-22-24-15-25(23-41)17-28(16-24)32-20-34-31-4-2-10-45-39(31)33(21-35(34)30-3-1-9-44-38(30)32)29-18-36(26-5-11-42-12-6-26)46-37(19-29)27-7-13-43-14-8-27/h1-21H. The van der Waals surface area contributed by atoms with E-state index < -0.39 is 0 Å². The number of nitriles is 2. The Balaban J connectivity index is 1.45. The third-order valence-corrected chi connectivity index (χ3v) is 8.16. The van der Waals surface area contributed by atoms with Crippen molar-refractivity contribution >= 4 is 32.6 Å². The minimum Gasteiger partial charge on any atom is -0.265 e. The molecule has 0 aliphatic carbocycles. The average Bonchev–Trinajstić information content (AvgIpc) is 3.14. The number of nitrogens with zero attached hydrogens (tertiary/aromatic N) is 7. The maximum absolute atomic E-state index is 9.68. The molecular weight excluding hydrogens is 566 g/mol. The molecule has 0 bridgehead atoms. The van der Waals surface area contributed by atoms with Gasteiger partial charge >= 0.3 is 0 Å². The van der Waals surface area contributed by atoms with Gasteiger partial charge in [-0.1, -0.05) is 12.1 Å². The summed E-state index contributed by atoms with van der Waals surface area (Å²) in [4.78, 5) is 23.1. The Morgan fingerprint density at radius 1 is 0.435 bits per heavy atom. The van der Waals surface area contributed by atoms with E-state index in [1.807, 2.05) is 54.7 Å². The van der Waals surface area contributed by atoms with E-state index in [1.165, 1.54) is 0 Å². The van der Waals surface area contributed by atoms with Gasteiger partial charge in [-0.25, -0.2) is 4.98 Å². The summed E-state index contributed by atoms with van der Waals surface area (Å²) in [5.74, 6) is 0. The molecule has 0 spiro atoms. The van der Waals surface area contributed by atoms with E-state index in [4.69, 9.17) is 15.0 Å². The van der Waals surface area contributed by atoms with E-state index in [0.717, 1.165) is 77.3 Å². The van der Waals surface area contributed by atoms with Crippen molar-refractivity contribution in [1.82, 2.24) is 24.9 Å². The van der Waals surface area contributed by atoms with E-state index in [-0.39, 0.29) is 0 Å². The second kappa shape index (κ2) is 11.0.